The van der Waals surface area contributed by atoms with Crippen LogP contribution in [0.5, 0.6) is 0 Å². The van der Waals surface area contributed by atoms with Crippen LogP contribution < -0.4 is 4.90 Å². The van der Waals surface area contributed by atoms with E-state index in [4.69, 9.17) is 15.0 Å². The van der Waals surface area contributed by atoms with Gasteiger partial charge in [0.15, 0.2) is 17.5 Å². The van der Waals surface area contributed by atoms with Gasteiger partial charge in [-0.05, 0) is 102 Å². The highest BCUT2D eigenvalue weighted by Gasteiger charge is 2.17. The number of hydrogen-bond donors (Lipinski definition) is 0. The van der Waals surface area contributed by atoms with Crippen molar-refractivity contribution >= 4 is 49.8 Å². The van der Waals surface area contributed by atoms with E-state index in [0.29, 0.717) is 17.5 Å². The second kappa shape index (κ2) is 16.6. The fourth-order valence-corrected chi connectivity index (χ4v) is 9.08. The van der Waals surface area contributed by atoms with Crippen molar-refractivity contribution in [2.75, 3.05) is 4.90 Å². The zero-order chi connectivity index (χ0) is 43.8. The first kappa shape index (κ1) is 38.7. The summed E-state index contributed by atoms with van der Waals surface area (Å²) in [5.41, 5.74) is 14.9. The average molecular weight is 845 g/mol. The van der Waals surface area contributed by atoms with Gasteiger partial charge in [-0.1, -0.05) is 152 Å². The monoisotopic (exact) mass is 844 g/mol. The minimum atomic E-state index is 0.612. The van der Waals surface area contributed by atoms with Crippen LogP contribution in [-0.2, 0) is 0 Å². The number of rotatable bonds is 9. The maximum atomic E-state index is 5.08. The average Bonchev–Trinajstić information content (AvgIpc) is 3.73. The van der Waals surface area contributed by atoms with Crippen LogP contribution in [0.3, 0.4) is 0 Å². The van der Waals surface area contributed by atoms with Crippen LogP contribution in [0.15, 0.2) is 243 Å². The standard InChI is InChI=1S/C60H40N6/c1-4-14-44(15-5-1)58-62-59(45-27-25-42(26-28-45)52-23-12-16-43-17-13-39-61-57(43)52)64-60(63-58)46-31-36-51(37-32-46)66-55-24-11-10-22-53(55)54-40-47(33-38-56(54)66)41-29-34-50(35-30-41)65(48-18-6-2-7-19-48)49-20-8-3-9-21-49/h1-40H. The molecule has 0 unspecified atom stereocenters. The molecule has 0 atom stereocenters. The Balaban J connectivity index is 0.884. The Morgan fingerprint density at radius 2 is 0.833 bits per heavy atom. The summed E-state index contributed by atoms with van der Waals surface area (Å²) in [5.74, 6) is 1.85. The van der Waals surface area contributed by atoms with E-state index in [1.54, 1.807) is 0 Å². The van der Waals surface area contributed by atoms with Crippen LogP contribution in [0, 0.1) is 0 Å². The second-order valence-electron chi connectivity index (χ2n) is 16.3. The maximum Gasteiger partial charge on any atom is 0.164 e. The topological polar surface area (TPSA) is 59.7 Å². The van der Waals surface area contributed by atoms with Gasteiger partial charge in [-0.15, -0.1) is 0 Å². The molecule has 6 heteroatoms. The molecular formula is C60H40N6. The fourth-order valence-electron chi connectivity index (χ4n) is 9.08. The lowest BCUT2D eigenvalue weighted by Crippen LogP contribution is -2.09. The third kappa shape index (κ3) is 7.13. The zero-order valence-corrected chi connectivity index (χ0v) is 35.8. The Bertz CT molecular complexity index is 3620. The van der Waals surface area contributed by atoms with E-state index in [-0.39, 0.29) is 0 Å². The zero-order valence-electron chi connectivity index (χ0n) is 35.8. The Morgan fingerprint density at radius 1 is 0.333 bits per heavy atom. The predicted octanol–water partition coefficient (Wildman–Crippen LogP) is 15.3. The summed E-state index contributed by atoms with van der Waals surface area (Å²) in [7, 11) is 0. The molecule has 9 aromatic carbocycles. The summed E-state index contributed by atoms with van der Waals surface area (Å²) >= 11 is 0. The third-order valence-corrected chi connectivity index (χ3v) is 12.3. The summed E-state index contributed by atoms with van der Waals surface area (Å²) in [4.78, 5) is 22.1. The Hall–Kier alpha value is -9.00. The van der Waals surface area contributed by atoms with Crippen LogP contribution in [0.1, 0.15) is 0 Å². The van der Waals surface area contributed by atoms with E-state index >= 15 is 0 Å². The minimum absolute atomic E-state index is 0.612. The van der Waals surface area contributed by atoms with Gasteiger partial charge in [-0.3, -0.25) is 4.98 Å². The van der Waals surface area contributed by atoms with Gasteiger partial charge < -0.3 is 9.47 Å². The lowest BCUT2D eigenvalue weighted by molar-refractivity contribution is 1.07. The molecule has 3 heterocycles. The van der Waals surface area contributed by atoms with Gasteiger partial charge in [0.2, 0.25) is 0 Å². The molecule has 310 valence electrons. The van der Waals surface area contributed by atoms with Crippen molar-refractivity contribution in [2.24, 2.45) is 0 Å². The smallest absolute Gasteiger partial charge is 0.164 e. The van der Waals surface area contributed by atoms with Crippen molar-refractivity contribution in [3.63, 3.8) is 0 Å². The maximum absolute atomic E-state index is 5.08. The van der Waals surface area contributed by atoms with Crippen molar-refractivity contribution in [1.29, 1.82) is 0 Å². The number of fused-ring (bicyclic) bond motifs is 4. The first-order valence-corrected chi connectivity index (χ1v) is 22.1. The molecule has 0 radical (unpaired) electrons. The molecule has 0 fully saturated rings. The molecule has 12 aromatic rings. The Kier molecular flexibility index (Phi) is 9.73. The predicted molar refractivity (Wildman–Crippen MR) is 271 cm³/mol. The molecule has 66 heavy (non-hydrogen) atoms. The van der Waals surface area contributed by atoms with E-state index in [0.717, 1.165) is 78.1 Å². The van der Waals surface area contributed by atoms with Crippen LogP contribution in [-0.4, -0.2) is 24.5 Å². The summed E-state index contributed by atoms with van der Waals surface area (Å²) in [6.07, 6.45) is 1.84. The van der Waals surface area contributed by atoms with E-state index in [1.807, 2.05) is 42.6 Å². The van der Waals surface area contributed by atoms with Crippen molar-refractivity contribution in [3.05, 3.63) is 243 Å². The number of aromatic nitrogens is 5. The second-order valence-corrected chi connectivity index (χ2v) is 16.3. The molecule has 0 N–H and O–H groups in total. The first-order chi connectivity index (χ1) is 32.7. The number of para-hydroxylation sites is 4. The molecule has 0 aliphatic carbocycles. The molecule has 0 saturated carbocycles. The lowest BCUT2D eigenvalue weighted by Gasteiger charge is -2.25. The summed E-state index contributed by atoms with van der Waals surface area (Å²) in [6.45, 7) is 0. The fraction of sp³-hybridized carbons (Fsp3) is 0. The van der Waals surface area contributed by atoms with Crippen LogP contribution in [0.4, 0.5) is 17.1 Å². The van der Waals surface area contributed by atoms with Gasteiger partial charge in [0.25, 0.3) is 0 Å². The molecule has 6 nitrogen and oxygen atoms in total. The van der Waals surface area contributed by atoms with E-state index < -0.39 is 0 Å². The van der Waals surface area contributed by atoms with E-state index in [1.165, 1.54) is 16.3 Å². The highest BCUT2D eigenvalue weighted by atomic mass is 15.1. The minimum Gasteiger partial charge on any atom is -0.311 e. The number of benzene rings is 9. The van der Waals surface area contributed by atoms with E-state index in [9.17, 15) is 0 Å². The summed E-state index contributed by atoms with van der Waals surface area (Å²) < 4.78 is 2.35. The Morgan fingerprint density at radius 3 is 1.50 bits per heavy atom. The summed E-state index contributed by atoms with van der Waals surface area (Å²) in [5, 5.41) is 3.51. The molecule has 0 aliphatic rings. The number of pyridine rings is 1. The van der Waals surface area contributed by atoms with Crippen LogP contribution >= 0.6 is 0 Å². The van der Waals surface area contributed by atoms with Crippen LogP contribution in [0.2, 0.25) is 0 Å². The molecule has 0 bridgehead atoms. The van der Waals surface area contributed by atoms with Gasteiger partial charge in [0.05, 0.1) is 16.6 Å². The lowest BCUT2D eigenvalue weighted by atomic mass is 10.0. The highest BCUT2D eigenvalue weighted by molar-refractivity contribution is 6.10. The molecule has 0 amide bonds. The molecule has 0 aliphatic heterocycles. The summed E-state index contributed by atoms with van der Waals surface area (Å²) in [6, 6.07) is 82.8. The van der Waals surface area contributed by atoms with Crippen molar-refractivity contribution in [3.8, 4) is 62.1 Å². The van der Waals surface area contributed by atoms with Crippen molar-refractivity contribution in [1.82, 2.24) is 24.5 Å². The number of nitrogens with zero attached hydrogens (tertiary/aromatic N) is 6. The molecule has 3 aromatic heterocycles. The van der Waals surface area contributed by atoms with Gasteiger partial charge in [0, 0.05) is 67.4 Å². The SMILES string of the molecule is c1ccc(-c2nc(-c3ccc(-c4cccc5cccnc45)cc3)nc(-c3ccc(-n4c5ccccc5c5cc(-c6ccc(N(c7ccccc7)c7ccccc7)cc6)ccc54)cc3)n2)cc1. The van der Waals surface area contributed by atoms with Gasteiger partial charge >= 0.3 is 0 Å². The van der Waals surface area contributed by atoms with Crippen molar-refractivity contribution in [2.45, 2.75) is 0 Å². The quantitative estimate of drug-likeness (QED) is 0.145. The van der Waals surface area contributed by atoms with Gasteiger partial charge in [0.1, 0.15) is 0 Å². The normalized spacial score (nSPS) is 11.3. The molecule has 0 saturated heterocycles. The molecular weight excluding hydrogens is 805 g/mol. The Labute approximate surface area is 382 Å². The molecule has 0 spiro atoms. The first-order valence-electron chi connectivity index (χ1n) is 22.1. The largest absolute Gasteiger partial charge is 0.311 e. The van der Waals surface area contributed by atoms with Gasteiger partial charge in [-0.25, -0.2) is 15.0 Å². The third-order valence-electron chi connectivity index (χ3n) is 12.3. The number of hydrogen-bond acceptors (Lipinski definition) is 5. The molecule has 12 rings (SSSR count). The number of anilines is 3. The van der Waals surface area contributed by atoms with Crippen molar-refractivity contribution < 1.29 is 0 Å². The van der Waals surface area contributed by atoms with Gasteiger partial charge in [-0.2, -0.15) is 0 Å². The highest BCUT2D eigenvalue weighted by Crippen LogP contribution is 2.39. The van der Waals surface area contributed by atoms with Crippen LogP contribution in [0.25, 0.3) is 94.8 Å². The van der Waals surface area contributed by atoms with E-state index in [2.05, 4.69) is 215 Å².